The molecule has 2 saturated heterocycles. The van der Waals surface area contributed by atoms with Crippen LogP contribution in [0.2, 0.25) is 0 Å². The molecular formula is C20H25FN4O. The van der Waals surface area contributed by atoms with E-state index in [9.17, 15) is 9.18 Å². The maximum absolute atomic E-state index is 13.8. The Balaban J connectivity index is 1.68. The van der Waals surface area contributed by atoms with Gasteiger partial charge in [0.2, 0.25) is 0 Å². The molecule has 26 heavy (non-hydrogen) atoms. The number of anilines is 1. The molecule has 1 aromatic carbocycles. The predicted octanol–water partition coefficient (Wildman–Crippen LogP) is 3.22. The van der Waals surface area contributed by atoms with Gasteiger partial charge < -0.3 is 14.4 Å². The van der Waals surface area contributed by atoms with Crippen LogP contribution in [0.15, 0.2) is 36.8 Å². The number of hydrogen-bond acceptors (Lipinski definition) is 3. The summed E-state index contributed by atoms with van der Waals surface area (Å²) in [6, 6.07) is 6.75. The van der Waals surface area contributed by atoms with Gasteiger partial charge in [0.15, 0.2) is 0 Å². The Morgan fingerprint density at radius 3 is 2.81 bits per heavy atom. The van der Waals surface area contributed by atoms with Crippen LogP contribution in [0.5, 0.6) is 0 Å². The molecular weight excluding hydrogens is 331 g/mol. The van der Waals surface area contributed by atoms with E-state index in [4.69, 9.17) is 0 Å². The maximum Gasteiger partial charge on any atom is 0.272 e. The van der Waals surface area contributed by atoms with Crippen molar-refractivity contribution in [3.63, 3.8) is 0 Å². The van der Waals surface area contributed by atoms with Crippen molar-refractivity contribution in [2.45, 2.75) is 44.2 Å². The van der Waals surface area contributed by atoms with Crippen molar-refractivity contribution in [2.75, 3.05) is 18.0 Å². The number of halogens is 1. The first-order valence-electron chi connectivity index (χ1n) is 9.14. The average Bonchev–Trinajstić information content (AvgIpc) is 3.24. The molecule has 2 aliphatic rings. The lowest BCUT2D eigenvalue weighted by molar-refractivity contribution is 0.0607. The van der Waals surface area contributed by atoms with E-state index in [1.54, 1.807) is 29.2 Å². The molecule has 0 N–H and O–H groups in total. The molecule has 0 saturated carbocycles. The average molecular weight is 356 g/mol. The highest BCUT2D eigenvalue weighted by molar-refractivity contribution is 5.93. The Bertz CT molecular complexity index is 846. The van der Waals surface area contributed by atoms with Crippen LogP contribution < -0.4 is 4.90 Å². The molecule has 2 aliphatic heterocycles. The highest BCUT2D eigenvalue weighted by Gasteiger charge is 2.55. The van der Waals surface area contributed by atoms with E-state index in [2.05, 4.69) is 23.7 Å². The summed E-state index contributed by atoms with van der Waals surface area (Å²) in [5.74, 6) is -0.187. The number of likely N-dealkylation sites (tertiary alicyclic amines) is 1. The number of aryl methyl sites for hydroxylation is 1. The molecule has 138 valence electrons. The summed E-state index contributed by atoms with van der Waals surface area (Å²) in [6.07, 6.45) is 6.15. The van der Waals surface area contributed by atoms with Gasteiger partial charge in [-0.15, -0.1) is 0 Å². The fourth-order valence-corrected chi connectivity index (χ4v) is 4.85. The summed E-state index contributed by atoms with van der Waals surface area (Å²) in [7, 11) is 1.85. The standard InChI is InChI=1S/C20H25FN4O/c1-19(2)12-20(13-25(19)16-7-4-6-15(21)10-16)8-5-9-24(20)18(26)17-11-22-14-23(17)3/h4,6-7,10-11,14H,5,8-9,12-13H2,1-3H3. The number of imidazole rings is 1. The molecule has 1 spiro atoms. The van der Waals surface area contributed by atoms with Crippen LogP contribution in [-0.2, 0) is 7.05 Å². The van der Waals surface area contributed by atoms with E-state index in [1.165, 1.54) is 6.07 Å². The molecule has 3 heterocycles. The van der Waals surface area contributed by atoms with Gasteiger partial charge in [0.25, 0.3) is 5.91 Å². The molecule has 4 rings (SSSR count). The second-order valence-corrected chi connectivity index (χ2v) is 8.23. The maximum atomic E-state index is 13.8. The number of aromatic nitrogens is 2. The van der Waals surface area contributed by atoms with Crippen molar-refractivity contribution in [1.29, 1.82) is 0 Å². The summed E-state index contributed by atoms with van der Waals surface area (Å²) >= 11 is 0. The Morgan fingerprint density at radius 1 is 1.31 bits per heavy atom. The molecule has 5 nitrogen and oxygen atoms in total. The quantitative estimate of drug-likeness (QED) is 0.830. The third-order valence-electron chi connectivity index (χ3n) is 5.94. The van der Waals surface area contributed by atoms with E-state index in [-0.39, 0.29) is 22.8 Å². The third-order valence-corrected chi connectivity index (χ3v) is 5.94. The van der Waals surface area contributed by atoms with Crippen LogP contribution in [0.1, 0.15) is 43.6 Å². The second-order valence-electron chi connectivity index (χ2n) is 8.23. The van der Waals surface area contributed by atoms with Gasteiger partial charge in [-0.25, -0.2) is 9.37 Å². The van der Waals surface area contributed by atoms with E-state index >= 15 is 0 Å². The molecule has 2 fully saturated rings. The zero-order chi connectivity index (χ0) is 18.5. The minimum atomic E-state index is -0.228. The first-order valence-corrected chi connectivity index (χ1v) is 9.14. The van der Waals surface area contributed by atoms with E-state index in [0.717, 1.165) is 38.0 Å². The first kappa shape index (κ1) is 17.1. The minimum Gasteiger partial charge on any atom is -0.364 e. The van der Waals surface area contributed by atoms with Crippen molar-refractivity contribution >= 4 is 11.6 Å². The number of rotatable bonds is 2. The fourth-order valence-electron chi connectivity index (χ4n) is 4.85. The monoisotopic (exact) mass is 356 g/mol. The Morgan fingerprint density at radius 2 is 2.12 bits per heavy atom. The number of carbonyl (C=O) groups excluding carboxylic acids is 1. The highest BCUT2D eigenvalue weighted by atomic mass is 19.1. The van der Waals surface area contributed by atoms with Crippen LogP contribution in [0.3, 0.4) is 0 Å². The van der Waals surface area contributed by atoms with Gasteiger partial charge >= 0.3 is 0 Å². The number of hydrogen-bond donors (Lipinski definition) is 0. The summed E-state index contributed by atoms with van der Waals surface area (Å²) in [6.45, 7) is 5.85. The smallest absolute Gasteiger partial charge is 0.272 e. The van der Waals surface area contributed by atoms with E-state index < -0.39 is 0 Å². The molecule has 1 amide bonds. The number of amides is 1. The van der Waals surface area contributed by atoms with Crippen molar-refractivity contribution in [3.8, 4) is 0 Å². The SMILES string of the molecule is Cn1cncc1C(=O)N1CCCC12CN(c1cccc(F)c1)C(C)(C)C2. The second kappa shape index (κ2) is 5.83. The van der Waals surface area contributed by atoms with Crippen LogP contribution in [0, 0.1) is 5.82 Å². The van der Waals surface area contributed by atoms with Gasteiger partial charge in [0.1, 0.15) is 11.5 Å². The Labute approximate surface area is 153 Å². The Kier molecular flexibility index (Phi) is 3.82. The van der Waals surface area contributed by atoms with Gasteiger partial charge in [0, 0.05) is 31.4 Å². The van der Waals surface area contributed by atoms with E-state index in [0.29, 0.717) is 5.69 Å². The molecule has 0 radical (unpaired) electrons. The zero-order valence-electron chi connectivity index (χ0n) is 15.6. The highest BCUT2D eigenvalue weighted by Crippen LogP contribution is 2.47. The number of benzene rings is 1. The zero-order valence-corrected chi connectivity index (χ0v) is 15.6. The lowest BCUT2D eigenvalue weighted by Crippen LogP contribution is -2.49. The Hall–Kier alpha value is -2.37. The molecule has 1 atom stereocenters. The molecule has 1 aromatic heterocycles. The summed E-state index contributed by atoms with van der Waals surface area (Å²) < 4.78 is 15.6. The van der Waals surface area contributed by atoms with Gasteiger partial charge in [0.05, 0.1) is 18.1 Å². The molecule has 1 unspecified atom stereocenters. The fraction of sp³-hybridized carbons (Fsp3) is 0.500. The van der Waals surface area contributed by atoms with Crippen molar-refractivity contribution in [1.82, 2.24) is 14.5 Å². The normalized spacial score (nSPS) is 24.6. The molecule has 0 aliphatic carbocycles. The third kappa shape index (κ3) is 2.59. The molecule has 0 bridgehead atoms. The summed E-state index contributed by atoms with van der Waals surface area (Å²) in [5.41, 5.74) is 1.14. The topological polar surface area (TPSA) is 41.4 Å². The van der Waals surface area contributed by atoms with Crippen LogP contribution in [0.4, 0.5) is 10.1 Å². The van der Waals surface area contributed by atoms with Gasteiger partial charge in [-0.3, -0.25) is 4.79 Å². The summed E-state index contributed by atoms with van der Waals surface area (Å²) in [5, 5.41) is 0. The molecule has 2 aromatic rings. The van der Waals surface area contributed by atoms with Crippen molar-refractivity contribution < 1.29 is 9.18 Å². The lowest BCUT2D eigenvalue weighted by Gasteiger charge is -2.35. The van der Waals surface area contributed by atoms with Gasteiger partial charge in [-0.1, -0.05) is 6.07 Å². The first-order chi connectivity index (χ1) is 12.3. The number of carbonyl (C=O) groups is 1. The predicted molar refractivity (Wildman–Crippen MR) is 98.7 cm³/mol. The van der Waals surface area contributed by atoms with Crippen LogP contribution in [-0.4, -0.2) is 44.5 Å². The van der Waals surface area contributed by atoms with Crippen molar-refractivity contribution in [2.24, 2.45) is 7.05 Å². The minimum absolute atomic E-state index is 0.0411. The summed E-state index contributed by atoms with van der Waals surface area (Å²) in [4.78, 5) is 21.6. The van der Waals surface area contributed by atoms with Gasteiger partial charge in [-0.2, -0.15) is 0 Å². The number of nitrogens with zero attached hydrogens (tertiary/aromatic N) is 4. The van der Waals surface area contributed by atoms with Crippen molar-refractivity contribution in [3.05, 3.63) is 48.3 Å². The lowest BCUT2D eigenvalue weighted by atomic mass is 9.87. The van der Waals surface area contributed by atoms with Crippen LogP contribution in [0.25, 0.3) is 0 Å². The largest absolute Gasteiger partial charge is 0.364 e. The molecule has 6 heteroatoms. The van der Waals surface area contributed by atoms with Gasteiger partial charge in [-0.05, 0) is 51.3 Å². The van der Waals surface area contributed by atoms with Crippen LogP contribution >= 0.6 is 0 Å². The van der Waals surface area contributed by atoms with E-state index in [1.807, 2.05) is 18.0 Å².